The molecule has 19 heavy (non-hydrogen) atoms. The van der Waals surface area contributed by atoms with Gasteiger partial charge in [0.05, 0.1) is 6.04 Å². The summed E-state index contributed by atoms with van der Waals surface area (Å²) >= 11 is 1.56. The molecule has 106 valence electrons. The van der Waals surface area contributed by atoms with Gasteiger partial charge in [0.2, 0.25) is 5.91 Å². The molecule has 1 aromatic heterocycles. The summed E-state index contributed by atoms with van der Waals surface area (Å²) in [6.07, 6.45) is 6.03. The minimum absolute atomic E-state index is 0.0396. The molecule has 1 fully saturated rings. The monoisotopic (exact) mass is 283 g/mol. The van der Waals surface area contributed by atoms with Crippen LogP contribution in [0.15, 0.2) is 11.5 Å². The molecular formula is C12H21N5OS. The van der Waals surface area contributed by atoms with Crippen molar-refractivity contribution in [3.05, 3.63) is 6.33 Å². The van der Waals surface area contributed by atoms with Crippen molar-refractivity contribution >= 4 is 17.7 Å². The van der Waals surface area contributed by atoms with Crippen LogP contribution in [-0.2, 0) is 4.79 Å². The Bertz CT molecular complexity index is 383. The molecule has 2 N–H and O–H groups in total. The number of likely N-dealkylation sites (tertiary alicyclic amines) is 1. The predicted molar refractivity (Wildman–Crippen MR) is 75.0 cm³/mol. The summed E-state index contributed by atoms with van der Waals surface area (Å²) in [7, 11) is 2.04. The summed E-state index contributed by atoms with van der Waals surface area (Å²) in [6.45, 7) is 1.68. The molecule has 0 radical (unpaired) electrons. The van der Waals surface area contributed by atoms with E-state index < -0.39 is 0 Å². The molecule has 0 bridgehead atoms. The number of nitrogens with one attached hydrogen (secondary N) is 2. The fourth-order valence-corrected chi connectivity index (χ4v) is 2.92. The SMILES string of the molecule is CN1CCCCC[C@H]1C(=O)NCCSc1ncn[nH]1. The second kappa shape index (κ2) is 7.49. The lowest BCUT2D eigenvalue weighted by atomic mass is 10.1. The first-order valence-electron chi connectivity index (χ1n) is 6.73. The van der Waals surface area contributed by atoms with Crippen molar-refractivity contribution in [2.45, 2.75) is 36.9 Å². The van der Waals surface area contributed by atoms with Gasteiger partial charge in [-0.2, -0.15) is 5.10 Å². The summed E-state index contributed by atoms with van der Waals surface area (Å²) in [5, 5.41) is 10.4. The highest BCUT2D eigenvalue weighted by Crippen LogP contribution is 2.15. The highest BCUT2D eigenvalue weighted by Gasteiger charge is 2.23. The van der Waals surface area contributed by atoms with E-state index in [1.807, 2.05) is 7.05 Å². The number of aromatic nitrogens is 3. The third-order valence-electron chi connectivity index (χ3n) is 3.36. The molecule has 0 saturated carbocycles. The summed E-state index contributed by atoms with van der Waals surface area (Å²) in [4.78, 5) is 18.3. The number of aromatic amines is 1. The Morgan fingerprint density at radius 3 is 3.26 bits per heavy atom. The number of carbonyl (C=O) groups excluding carboxylic acids is 1. The second-order valence-corrected chi connectivity index (χ2v) is 5.86. The molecule has 0 spiro atoms. The number of hydrogen-bond donors (Lipinski definition) is 2. The maximum Gasteiger partial charge on any atom is 0.237 e. The summed E-state index contributed by atoms with van der Waals surface area (Å²) in [5.41, 5.74) is 0. The van der Waals surface area contributed by atoms with E-state index in [9.17, 15) is 4.79 Å². The molecule has 2 rings (SSSR count). The fraction of sp³-hybridized carbons (Fsp3) is 0.750. The Morgan fingerprint density at radius 2 is 2.47 bits per heavy atom. The van der Waals surface area contributed by atoms with Gasteiger partial charge in [-0.1, -0.05) is 24.6 Å². The average Bonchev–Trinajstić information content (AvgIpc) is 2.82. The molecule has 1 amide bonds. The van der Waals surface area contributed by atoms with Crippen molar-refractivity contribution < 1.29 is 4.79 Å². The number of hydrogen-bond acceptors (Lipinski definition) is 5. The lowest BCUT2D eigenvalue weighted by molar-refractivity contribution is -0.125. The number of likely N-dealkylation sites (N-methyl/N-ethyl adjacent to an activating group) is 1. The van der Waals surface area contributed by atoms with Gasteiger partial charge in [0.25, 0.3) is 0 Å². The van der Waals surface area contributed by atoms with Gasteiger partial charge in [0, 0.05) is 12.3 Å². The molecule has 1 atom stereocenters. The minimum atomic E-state index is 0.0396. The predicted octanol–water partition coefficient (Wildman–Crippen LogP) is 0.887. The van der Waals surface area contributed by atoms with Crippen molar-refractivity contribution in [3.63, 3.8) is 0 Å². The zero-order valence-electron chi connectivity index (χ0n) is 11.3. The molecule has 1 aromatic rings. The Balaban J connectivity index is 1.68. The topological polar surface area (TPSA) is 73.9 Å². The van der Waals surface area contributed by atoms with Crippen molar-refractivity contribution in [2.24, 2.45) is 0 Å². The van der Waals surface area contributed by atoms with E-state index in [-0.39, 0.29) is 11.9 Å². The zero-order chi connectivity index (χ0) is 13.5. The van der Waals surface area contributed by atoms with Gasteiger partial charge in [-0.25, -0.2) is 4.98 Å². The lowest BCUT2D eigenvalue weighted by Crippen LogP contribution is -2.45. The highest BCUT2D eigenvalue weighted by atomic mass is 32.2. The first kappa shape index (κ1) is 14.3. The van der Waals surface area contributed by atoms with Crippen LogP contribution in [0.2, 0.25) is 0 Å². The van der Waals surface area contributed by atoms with E-state index in [1.54, 1.807) is 11.8 Å². The van der Waals surface area contributed by atoms with Crippen LogP contribution in [0.1, 0.15) is 25.7 Å². The summed E-state index contributed by atoms with van der Waals surface area (Å²) in [5.74, 6) is 0.958. The molecule has 1 saturated heterocycles. The number of carbonyl (C=O) groups is 1. The molecule has 0 aromatic carbocycles. The van der Waals surface area contributed by atoms with Crippen molar-refractivity contribution in [2.75, 3.05) is 25.9 Å². The van der Waals surface area contributed by atoms with Gasteiger partial charge in [-0.15, -0.1) is 0 Å². The van der Waals surface area contributed by atoms with E-state index >= 15 is 0 Å². The molecule has 7 heteroatoms. The van der Waals surface area contributed by atoms with Crippen LogP contribution in [0.25, 0.3) is 0 Å². The maximum atomic E-state index is 12.1. The molecule has 6 nitrogen and oxygen atoms in total. The zero-order valence-corrected chi connectivity index (χ0v) is 12.1. The molecule has 0 unspecified atom stereocenters. The van der Waals surface area contributed by atoms with Gasteiger partial charge in [0.1, 0.15) is 6.33 Å². The fourth-order valence-electron chi connectivity index (χ4n) is 2.29. The van der Waals surface area contributed by atoms with E-state index in [2.05, 4.69) is 25.4 Å². The van der Waals surface area contributed by atoms with Gasteiger partial charge in [-0.3, -0.25) is 14.8 Å². The molecule has 0 aliphatic carbocycles. The van der Waals surface area contributed by atoms with Crippen LogP contribution in [0.4, 0.5) is 0 Å². The normalized spacial score (nSPS) is 21.0. The Morgan fingerprint density at radius 1 is 1.58 bits per heavy atom. The largest absolute Gasteiger partial charge is 0.354 e. The van der Waals surface area contributed by atoms with Crippen LogP contribution in [0, 0.1) is 0 Å². The smallest absolute Gasteiger partial charge is 0.237 e. The number of thioether (sulfide) groups is 1. The van der Waals surface area contributed by atoms with E-state index in [0.29, 0.717) is 6.54 Å². The van der Waals surface area contributed by atoms with Crippen LogP contribution < -0.4 is 5.32 Å². The Hall–Kier alpha value is -1.08. The minimum Gasteiger partial charge on any atom is -0.354 e. The van der Waals surface area contributed by atoms with E-state index in [4.69, 9.17) is 0 Å². The number of amides is 1. The number of H-pyrrole nitrogens is 1. The van der Waals surface area contributed by atoms with Crippen molar-refractivity contribution in [3.8, 4) is 0 Å². The third-order valence-corrected chi connectivity index (χ3v) is 4.23. The lowest BCUT2D eigenvalue weighted by Gasteiger charge is -2.24. The number of nitrogens with zero attached hydrogens (tertiary/aromatic N) is 3. The second-order valence-electron chi connectivity index (χ2n) is 4.78. The summed E-state index contributed by atoms with van der Waals surface area (Å²) < 4.78 is 0. The van der Waals surface area contributed by atoms with Gasteiger partial charge >= 0.3 is 0 Å². The Kier molecular flexibility index (Phi) is 5.65. The molecule has 1 aliphatic rings. The van der Waals surface area contributed by atoms with Gasteiger partial charge in [-0.05, 0) is 26.4 Å². The number of rotatable bonds is 5. The molecule has 2 heterocycles. The van der Waals surface area contributed by atoms with Crippen molar-refractivity contribution in [1.29, 1.82) is 0 Å². The van der Waals surface area contributed by atoms with Crippen molar-refractivity contribution in [1.82, 2.24) is 25.4 Å². The van der Waals surface area contributed by atoms with Gasteiger partial charge in [0.15, 0.2) is 5.16 Å². The molecule has 1 aliphatic heterocycles. The third kappa shape index (κ3) is 4.50. The average molecular weight is 283 g/mol. The van der Waals surface area contributed by atoms with Crippen LogP contribution in [-0.4, -0.2) is 57.9 Å². The molecular weight excluding hydrogens is 262 g/mol. The van der Waals surface area contributed by atoms with E-state index in [0.717, 1.165) is 30.3 Å². The Labute approximate surface area is 117 Å². The van der Waals surface area contributed by atoms with E-state index in [1.165, 1.54) is 19.2 Å². The first-order chi connectivity index (χ1) is 9.27. The van der Waals surface area contributed by atoms with Gasteiger partial charge < -0.3 is 5.32 Å². The first-order valence-corrected chi connectivity index (χ1v) is 7.72. The highest BCUT2D eigenvalue weighted by molar-refractivity contribution is 7.99. The van der Waals surface area contributed by atoms with Crippen LogP contribution in [0.3, 0.4) is 0 Å². The quantitative estimate of drug-likeness (QED) is 0.620. The standard InChI is InChI=1S/C12H21N5OS/c1-17-7-4-2-3-5-10(17)11(18)13-6-8-19-12-14-9-15-16-12/h9-10H,2-8H2,1H3,(H,13,18)(H,14,15,16)/t10-/m0/s1. The maximum absolute atomic E-state index is 12.1. The summed E-state index contributed by atoms with van der Waals surface area (Å²) in [6, 6.07) is 0.0396. The van der Waals surface area contributed by atoms with Crippen LogP contribution >= 0.6 is 11.8 Å². The van der Waals surface area contributed by atoms with Crippen LogP contribution in [0.5, 0.6) is 0 Å².